The van der Waals surface area contributed by atoms with Gasteiger partial charge in [-0.3, -0.25) is 4.57 Å². The molecule has 4 nitrogen and oxygen atoms in total. The Kier molecular flexibility index (Phi) is 7.02. The molecule has 236 valence electrons. The van der Waals surface area contributed by atoms with Crippen LogP contribution in [0.15, 0.2) is 187 Å². The Labute approximate surface area is 286 Å². The normalized spacial score (nSPS) is 21.1. The predicted octanol–water partition coefficient (Wildman–Crippen LogP) is 10.3. The zero-order valence-electron chi connectivity index (χ0n) is 27.3. The molecule has 0 spiro atoms. The number of aliphatic imine (C=N–C) groups is 1. The van der Waals surface area contributed by atoms with Gasteiger partial charge in [0.25, 0.3) is 0 Å². The number of para-hydroxylation sites is 2. The van der Waals surface area contributed by atoms with E-state index in [2.05, 4.69) is 198 Å². The van der Waals surface area contributed by atoms with Crippen LogP contribution in [0.3, 0.4) is 0 Å². The summed E-state index contributed by atoms with van der Waals surface area (Å²) in [5, 5.41) is 9.97. The number of nitrogens with one attached hydrogen (secondary N) is 2. The van der Waals surface area contributed by atoms with Gasteiger partial charge in [-0.2, -0.15) is 0 Å². The molecule has 2 heterocycles. The molecule has 2 aliphatic carbocycles. The molecule has 1 aromatic heterocycles. The largest absolute Gasteiger partial charge is 0.375 e. The summed E-state index contributed by atoms with van der Waals surface area (Å²) in [6, 6.07) is 45.5. The minimum Gasteiger partial charge on any atom is -0.375 e. The molecule has 49 heavy (non-hydrogen) atoms. The number of hydrogen-bond acceptors (Lipinski definition) is 3. The van der Waals surface area contributed by atoms with Crippen molar-refractivity contribution in [2.75, 3.05) is 5.32 Å². The van der Waals surface area contributed by atoms with E-state index in [1.165, 1.54) is 33.0 Å². The Bertz CT molecular complexity index is 2400. The molecule has 2 unspecified atom stereocenters. The zero-order chi connectivity index (χ0) is 32.8. The van der Waals surface area contributed by atoms with Crippen molar-refractivity contribution in [3.05, 3.63) is 193 Å². The van der Waals surface area contributed by atoms with E-state index in [0.717, 1.165) is 33.9 Å². The monoisotopic (exact) mass is 632 g/mol. The molecule has 0 amide bonds. The third kappa shape index (κ3) is 5.13. The first-order valence-corrected chi connectivity index (χ1v) is 17.0. The van der Waals surface area contributed by atoms with Crippen molar-refractivity contribution in [3.63, 3.8) is 0 Å². The van der Waals surface area contributed by atoms with Crippen molar-refractivity contribution in [2.45, 2.75) is 24.4 Å². The van der Waals surface area contributed by atoms with Gasteiger partial charge in [0, 0.05) is 28.0 Å². The minimum atomic E-state index is -0.268. The fraction of sp³-hybridized carbons (Fsp3) is 0.0889. The van der Waals surface area contributed by atoms with Crippen molar-refractivity contribution in [3.8, 4) is 11.1 Å². The molecule has 5 aromatic carbocycles. The van der Waals surface area contributed by atoms with Crippen LogP contribution in [0.5, 0.6) is 0 Å². The third-order valence-electron chi connectivity index (χ3n) is 10.0. The molecule has 0 saturated carbocycles. The Hall–Kier alpha value is -6.13. The zero-order valence-corrected chi connectivity index (χ0v) is 27.3. The molecule has 9 rings (SSSR count). The second-order valence-corrected chi connectivity index (χ2v) is 13.2. The maximum atomic E-state index is 5.26. The highest BCUT2D eigenvalue weighted by Crippen LogP contribution is 2.39. The number of fused-ring (bicyclic) bond motifs is 4. The number of nitrogens with zero attached hydrogens (tertiary/aromatic N) is 2. The summed E-state index contributed by atoms with van der Waals surface area (Å²) in [4.78, 5) is 5.26. The first-order valence-electron chi connectivity index (χ1n) is 17.0. The second-order valence-electron chi connectivity index (χ2n) is 13.2. The highest BCUT2D eigenvalue weighted by Gasteiger charge is 2.33. The van der Waals surface area contributed by atoms with E-state index < -0.39 is 0 Å². The van der Waals surface area contributed by atoms with E-state index >= 15 is 0 Å². The molecule has 1 aliphatic heterocycles. The molecule has 4 heteroatoms. The lowest BCUT2D eigenvalue weighted by molar-refractivity contribution is 0.562. The molecular weight excluding hydrogens is 597 g/mol. The number of aromatic nitrogens is 1. The number of hydrogen-bond donors (Lipinski definition) is 2. The number of rotatable bonds is 5. The average molecular weight is 633 g/mol. The first kappa shape index (κ1) is 29.0. The maximum absolute atomic E-state index is 5.26. The first-order chi connectivity index (χ1) is 24.1. The Morgan fingerprint density at radius 1 is 0.653 bits per heavy atom. The molecule has 0 radical (unpaired) electrons. The van der Waals surface area contributed by atoms with E-state index in [1.807, 2.05) is 0 Å². The van der Waals surface area contributed by atoms with Gasteiger partial charge in [-0.15, -0.1) is 0 Å². The molecule has 3 aliphatic rings. The molecule has 3 atom stereocenters. The van der Waals surface area contributed by atoms with Gasteiger partial charge in [0.2, 0.25) is 5.96 Å². The fourth-order valence-electron chi connectivity index (χ4n) is 7.62. The standard InChI is InChI=1S/C45H36N4/c1-45(48-35-19-6-3-7-20-35)28-13-12-23-39(45)34-18-14-17-32(29-34)33-26-27-42-38(30-33)36-21-9-11-25-41(36)49(42)44-46-40-24-10-8-22-37(40)43(47-44)31-15-4-2-5-16-31/h2-30,39-40,48H,1H3,(H,46,47)/t39-,40?,45?/m1/s1. The molecule has 2 N–H and O–H groups in total. The highest BCUT2D eigenvalue weighted by atomic mass is 15.2. The minimum absolute atomic E-state index is 0.0552. The third-order valence-corrected chi connectivity index (χ3v) is 10.0. The van der Waals surface area contributed by atoms with Gasteiger partial charge in [0.15, 0.2) is 0 Å². The molecule has 0 bridgehead atoms. The van der Waals surface area contributed by atoms with Gasteiger partial charge < -0.3 is 10.6 Å². The van der Waals surface area contributed by atoms with E-state index in [0.29, 0.717) is 0 Å². The Morgan fingerprint density at radius 3 is 2.27 bits per heavy atom. The number of benzene rings is 5. The van der Waals surface area contributed by atoms with Gasteiger partial charge in [0.05, 0.1) is 28.3 Å². The van der Waals surface area contributed by atoms with Crippen molar-refractivity contribution < 1.29 is 0 Å². The van der Waals surface area contributed by atoms with E-state index in [1.54, 1.807) is 0 Å². The summed E-state index contributed by atoms with van der Waals surface area (Å²) in [5.41, 5.74) is 10.2. The summed E-state index contributed by atoms with van der Waals surface area (Å²) in [6.45, 7) is 2.28. The summed E-state index contributed by atoms with van der Waals surface area (Å²) in [5.74, 6) is 0.995. The van der Waals surface area contributed by atoms with Crippen LogP contribution in [0, 0.1) is 0 Å². The summed E-state index contributed by atoms with van der Waals surface area (Å²) < 4.78 is 2.29. The Balaban J connectivity index is 1.12. The summed E-state index contributed by atoms with van der Waals surface area (Å²) in [7, 11) is 0. The van der Waals surface area contributed by atoms with Crippen LogP contribution in [-0.2, 0) is 0 Å². The lowest BCUT2D eigenvalue weighted by Crippen LogP contribution is -2.39. The summed E-state index contributed by atoms with van der Waals surface area (Å²) in [6.07, 6.45) is 17.4. The number of anilines is 1. The average Bonchev–Trinajstić information content (AvgIpc) is 3.49. The van der Waals surface area contributed by atoms with E-state index in [4.69, 9.17) is 4.99 Å². The van der Waals surface area contributed by atoms with Crippen molar-refractivity contribution >= 4 is 39.1 Å². The smallest absolute Gasteiger partial charge is 0.208 e. The number of allylic oxidation sites excluding steroid dienone is 4. The fourth-order valence-corrected chi connectivity index (χ4v) is 7.62. The molecule has 6 aromatic rings. The predicted molar refractivity (Wildman–Crippen MR) is 206 cm³/mol. The van der Waals surface area contributed by atoms with Gasteiger partial charge in [-0.1, -0.05) is 146 Å². The van der Waals surface area contributed by atoms with Crippen LogP contribution < -0.4 is 10.6 Å². The van der Waals surface area contributed by atoms with Crippen LogP contribution in [0.1, 0.15) is 24.0 Å². The van der Waals surface area contributed by atoms with Crippen molar-refractivity contribution in [1.29, 1.82) is 0 Å². The van der Waals surface area contributed by atoms with Crippen LogP contribution in [0.25, 0.3) is 38.6 Å². The Morgan fingerprint density at radius 2 is 1.39 bits per heavy atom. The van der Waals surface area contributed by atoms with Crippen LogP contribution in [0.2, 0.25) is 0 Å². The van der Waals surface area contributed by atoms with Crippen LogP contribution in [-0.4, -0.2) is 22.1 Å². The lowest BCUT2D eigenvalue weighted by Gasteiger charge is -2.37. The lowest BCUT2D eigenvalue weighted by atomic mass is 9.77. The maximum Gasteiger partial charge on any atom is 0.208 e. The van der Waals surface area contributed by atoms with Gasteiger partial charge >= 0.3 is 0 Å². The molecule has 0 saturated heterocycles. The van der Waals surface area contributed by atoms with E-state index in [9.17, 15) is 0 Å². The van der Waals surface area contributed by atoms with Gasteiger partial charge in [0.1, 0.15) is 0 Å². The van der Waals surface area contributed by atoms with Crippen molar-refractivity contribution in [1.82, 2.24) is 9.88 Å². The molecular formula is C45H36N4. The van der Waals surface area contributed by atoms with Crippen LogP contribution in [0.4, 0.5) is 5.69 Å². The SMILES string of the molecule is CC1(Nc2ccccc2)C=CC=C[C@@H]1c1cccc(-c2ccc3c(c2)c2ccccc2n3C2=NC3C=CC=CC3=C(c3ccccc3)N2)c1. The topological polar surface area (TPSA) is 41.4 Å². The second kappa shape index (κ2) is 11.8. The van der Waals surface area contributed by atoms with E-state index in [-0.39, 0.29) is 17.5 Å². The summed E-state index contributed by atoms with van der Waals surface area (Å²) >= 11 is 0. The van der Waals surface area contributed by atoms with Gasteiger partial charge in [-0.25, -0.2) is 4.99 Å². The van der Waals surface area contributed by atoms with Crippen LogP contribution >= 0.6 is 0 Å². The molecule has 0 fully saturated rings. The van der Waals surface area contributed by atoms with Gasteiger partial charge in [-0.05, 0) is 59.5 Å². The van der Waals surface area contributed by atoms with Crippen molar-refractivity contribution in [2.24, 2.45) is 4.99 Å². The quantitative estimate of drug-likeness (QED) is 0.199. The highest BCUT2D eigenvalue weighted by molar-refractivity contribution is 6.16.